The molecule has 0 amide bonds. The summed E-state index contributed by atoms with van der Waals surface area (Å²) in [4.78, 5) is 0. The maximum absolute atomic E-state index is 9.61. The van der Waals surface area contributed by atoms with Gasteiger partial charge in [0.1, 0.15) is 24.4 Å². The molecule has 4 atom stereocenters. The van der Waals surface area contributed by atoms with Crippen LogP contribution in [-0.2, 0) is 18.9 Å². The lowest BCUT2D eigenvalue weighted by Crippen LogP contribution is -2.57. The highest BCUT2D eigenvalue weighted by Crippen LogP contribution is 2.24. The monoisotopic (exact) mass is 332 g/mol. The Balaban J connectivity index is 2.67. The van der Waals surface area contributed by atoms with Gasteiger partial charge in [0.25, 0.3) is 0 Å². The third-order valence-corrected chi connectivity index (χ3v) is 4.16. The van der Waals surface area contributed by atoms with E-state index in [0.29, 0.717) is 26.4 Å². The van der Waals surface area contributed by atoms with Crippen LogP contribution in [0.3, 0.4) is 0 Å². The fraction of sp³-hybridized carbons (Fsp3) is 1.00. The quantitative estimate of drug-likeness (QED) is 0.526. The van der Waals surface area contributed by atoms with Gasteiger partial charge in [0.05, 0.1) is 13.2 Å². The van der Waals surface area contributed by atoms with Gasteiger partial charge in [-0.15, -0.1) is 0 Å². The molecule has 1 rings (SSSR count). The van der Waals surface area contributed by atoms with E-state index in [9.17, 15) is 5.11 Å². The Morgan fingerprint density at radius 2 is 1.35 bits per heavy atom. The van der Waals surface area contributed by atoms with Crippen molar-refractivity contribution in [2.45, 2.75) is 83.7 Å². The van der Waals surface area contributed by atoms with E-state index < -0.39 is 0 Å². The van der Waals surface area contributed by atoms with Crippen LogP contribution in [0, 0.1) is 0 Å². The van der Waals surface area contributed by atoms with Gasteiger partial charge >= 0.3 is 0 Å². The van der Waals surface area contributed by atoms with E-state index in [1.807, 2.05) is 0 Å². The molecule has 0 saturated carbocycles. The molecule has 0 aromatic carbocycles. The number of rotatable bonds is 13. The molecular weight excluding hydrogens is 296 g/mol. The molecule has 0 unspecified atom stereocenters. The Bertz CT molecular complexity index is 272. The van der Waals surface area contributed by atoms with Crippen molar-refractivity contribution in [3.8, 4) is 0 Å². The van der Waals surface area contributed by atoms with Crippen LogP contribution >= 0.6 is 0 Å². The van der Waals surface area contributed by atoms with Crippen LogP contribution in [0.15, 0.2) is 0 Å². The first-order valence-corrected chi connectivity index (χ1v) is 9.35. The Morgan fingerprint density at radius 1 is 0.826 bits per heavy atom. The van der Waals surface area contributed by atoms with Crippen LogP contribution in [0.2, 0.25) is 0 Å². The molecule has 23 heavy (non-hydrogen) atoms. The minimum Gasteiger partial charge on any atom is -0.394 e. The molecule has 1 N–H and O–H groups in total. The van der Waals surface area contributed by atoms with E-state index in [1.165, 1.54) is 0 Å². The van der Waals surface area contributed by atoms with E-state index in [0.717, 1.165) is 38.5 Å². The zero-order chi connectivity index (χ0) is 16.9. The van der Waals surface area contributed by atoms with E-state index in [1.54, 1.807) is 0 Å². The van der Waals surface area contributed by atoms with Crippen LogP contribution < -0.4 is 0 Å². The maximum atomic E-state index is 9.61. The normalized spacial score (nSPS) is 28.2. The summed E-state index contributed by atoms with van der Waals surface area (Å²) >= 11 is 0. The van der Waals surface area contributed by atoms with Gasteiger partial charge in [0.2, 0.25) is 0 Å². The minimum atomic E-state index is -0.329. The molecule has 138 valence electrons. The summed E-state index contributed by atoms with van der Waals surface area (Å²) in [6, 6.07) is 0. The van der Waals surface area contributed by atoms with Crippen LogP contribution in [-0.4, -0.2) is 62.6 Å². The van der Waals surface area contributed by atoms with Crippen molar-refractivity contribution < 1.29 is 24.1 Å². The number of hydrogen-bond donors (Lipinski definition) is 1. The van der Waals surface area contributed by atoms with Crippen molar-refractivity contribution in [3.05, 3.63) is 0 Å². The lowest BCUT2D eigenvalue weighted by Gasteiger charge is -2.41. The lowest BCUT2D eigenvalue weighted by molar-refractivity contribution is -0.236. The second-order valence-corrected chi connectivity index (χ2v) is 6.20. The van der Waals surface area contributed by atoms with Crippen molar-refractivity contribution >= 4 is 0 Å². The number of aliphatic hydroxyl groups excluding tert-OH is 1. The molecule has 0 spiro atoms. The standard InChI is InChI=1S/C18H36O5/c1-4-7-10-20-16-14-23-15(13-19)17(21-11-8-5-2)18(16)22-12-9-6-3/h15-19H,4-14H2,1-3H3/t15-,16+,17-,18-/m1/s1. The molecular formula is C18H36O5. The van der Waals surface area contributed by atoms with Crippen molar-refractivity contribution in [2.75, 3.05) is 33.0 Å². The van der Waals surface area contributed by atoms with Crippen molar-refractivity contribution in [1.29, 1.82) is 0 Å². The average molecular weight is 332 g/mol. The fourth-order valence-corrected chi connectivity index (χ4v) is 2.64. The van der Waals surface area contributed by atoms with Gasteiger partial charge in [0.15, 0.2) is 0 Å². The molecule has 0 aromatic rings. The number of unbranched alkanes of at least 4 members (excludes halogenated alkanes) is 3. The summed E-state index contributed by atoms with van der Waals surface area (Å²) in [5.41, 5.74) is 0. The fourth-order valence-electron chi connectivity index (χ4n) is 2.64. The van der Waals surface area contributed by atoms with E-state index in [4.69, 9.17) is 18.9 Å². The second kappa shape index (κ2) is 13.1. The summed E-state index contributed by atoms with van der Waals surface area (Å²) < 4.78 is 23.9. The van der Waals surface area contributed by atoms with Crippen LogP contribution in [0.4, 0.5) is 0 Å². The van der Waals surface area contributed by atoms with Crippen LogP contribution in [0.1, 0.15) is 59.3 Å². The Morgan fingerprint density at radius 3 is 1.87 bits per heavy atom. The Hall–Kier alpha value is -0.200. The van der Waals surface area contributed by atoms with Gasteiger partial charge in [0, 0.05) is 19.8 Å². The first-order chi connectivity index (χ1) is 11.3. The van der Waals surface area contributed by atoms with Crippen molar-refractivity contribution in [3.63, 3.8) is 0 Å². The van der Waals surface area contributed by atoms with Crippen molar-refractivity contribution in [1.82, 2.24) is 0 Å². The van der Waals surface area contributed by atoms with Crippen molar-refractivity contribution in [2.24, 2.45) is 0 Å². The molecule has 1 fully saturated rings. The molecule has 0 bridgehead atoms. The summed E-state index contributed by atoms with van der Waals surface area (Å²) in [6.07, 6.45) is 5.45. The summed E-state index contributed by atoms with van der Waals surface area (Å²) in [6.45, 7) is 8.91. The second-order valence-electron chi connectivity index (χ2n) is 6.20. The largest absolute Gasteiger partial charge is 0.394 e. The Labute approximate surface area is 141 Å². The minimum absolute atomic E-state index is 0.0495. The summed E-state index contributed by atoms with van der Waals surface area (Å²) in [5, 5.41) is 9.61. The number of aliphatic hydroxyl groups is 1. The zero-order valence-corrected chi connectivity index (χ0v) is 15.2. The highest BCUT2D eigenvalue weighted by atomic mass is 16.6. The van der Waals surface area contributed by atoms with Gasteiger partial charge in [-0.25, -0.2) is 0 Å². The van der Waals surface area contributed by atoms with Gasteiger partial charge < -0.3 is 24.1 Å². The van der Waals surface area contributed by atoms with Crippen LogP contribution in [0.5, 0.6) is 0 Å². The molecule has 1 aliphatic heterocycles. The van der Waals surface area contributed by atoms with Gasteiger partial charge in [-0.3, -0.25) is 0 Å². The molecule has 0 aromatic heterocycles. The highest BCUT2D eigenvalue weighted by Gasteiger charge is 2.42. The topological polar surface area (TPSA) is 57.2 Å². The maximum Gasteiger partial charge on any atom is 0.115 e. The molecule has 0 radical (unpaired) electrons. The van der Waals surface area contributed by atoms with Gasteiger partial charge in [-0.05, 0) is 19.3 Å². The summed E-state index contributed by atoms with van der Waals surface area (Å²) in [5.74, 6) is 0. The number of ether oxygens (including phenoxy) is 4. The van der Waals surface area contributed by atoms with Gasteiger partial charge in [-0.1, -0.05) is 40.0 Å². The third-order valence-electron chi connectivity index (χ3n) is 4.16. The molecule has 5 nitrogen and oxygen atoms in total. The molecule has 1 heterocycles. The smallest absolute Gasteiger partial charge is 0.115 e. The Kier molecular flexibility index (Phi) is 11.9. The van der Waals surface area contributed by atoms with E-state index in [-0.39, 0.29) is 31.0 Å². The molecule has 1 aliphatic rings. The SMILES string of the molecule is CCCCO[C@H]1[C@H](OCCCC)[C@@H](CO)OC[C@@H]1OCCCC. The third kappa shape index (κ3) is 7.48. The first-order valence-electron chi connectivity index (χ1n) is 9.35. The molecule has 0 aliphatic carbocycles. The molecule has 5 heteroatoms. The summed E-state index contributed by atoms with van der Waals surface area (Å²) in [7, 11) is 0. The van der Waals surface area contributed by atoms with Crippen LogP contribution in [0.25, 0.3) is 0 Å². The molecule has 1 saturated heterocycles. The predicted octanol–water partition coefficient (Wildman–Crippen LogP) is 2.93. The highest BCUT2D eigenvalue weighted by molar-refractivity contribution is 4.90. The van der Waals surface area contributed by atoms with E-state index >= 15 is 0 Å². The number of hydrogen-bond acceptors (Lipinski definition) is 5. The first kappa shape index (κ1) is 20.8. The predicted molar refractivity (Wildman–Crippen MR) is 90.8 cm³/mol. The van der Waals surface area contributed by atoms with Gasteiger partial charge in [-0.2, -0.15) is 0 Å². The van der Waals surface area contributed by atoms with E-state index in [2.05, 4.69) is 20.8 Å². The average Bonchev–Trinajstić information content (AvgIpc) is 2.57. The lowest BCUT2D eigenvalue weighted by atomic mass is 9.99. The zero-order valence-electron chi connectivity index (χ0n) is 15.2.